The van der Waals surface area contributed by atoms with E-state index in [-0.39, 0.29) is 11.9 Å². The standard InChI is InChI=1S/C18H18N6O/c1-10-7-8-12(9-11(10)2)20-17-22-16(19)23-18(24-17)13-5-3-4-6-14(13)21-15(18)25/h3-9H,1-2H3,(H,21,25)(H4,19,20,22,23,24)/p+1/t18-/m0/s1. The Kier molecular flexibility index (Phi) is 3.24. The first kappa shape index (κ1) is 15.2. The number of anilines is 2. The van der Waals surface area contributed by atoms with Crippen LogP contribution >= 0.6 is 0 Å². The first-order chi connectivity index (χ1) is 12.0. The van der Waals surface area contributed by atoms with Crippen molar-refractivity contribution in [1.82, 2.24) is 5.32 Å². The molecule has 0 unspecified atom stereocenters. The van der Waals surface area contributed by atoms with Crippen LogP contribution in [0.3, 0.4) is 0 Å². The number of nitrogens with one attached hydrogen (secondary N) is 4. The maximum atomic E-state index is 12.6. The molecule has 1 atom stereocenters. The number of hydrogen-bond acceptors (Lipinski definition) is 5. The summed E-state index contributed by atoms with van der Waals surface area (Å²) in [6.45, 7) is 4.10. The molecule has 2 aromatic carbocycles. The van der Waals surface area contributed by atoms with Crippen LogP contribution in [0.25, 0.3) is 0 Å². The summed E-state index contributed by atoms with van der Waals surface area (Å²) in [5.74, 6) is 0.400. The monoisotopic (exact) mass is 335 g/mol. The average Bonchev–Trinajstić information content (AvgIpc) is 2.82. The van der Waals surface area contributed by atoms with Gasteiger partial charge in [-0.3, -0.25) is 4.79 Å². The minimum Gasteiger partial charge on any atom is -0.357 e. The van der Waals surface area contributed by atoms with Gasteiger partial charge >= 0.3 is 5.96 Å². The number of fused-ring (bicyclic) bond motifs is 2. The topological polar surface area (TPSA) is 106 Å². The van der Waals surface area contributed by atoms with Crippen molar-refractivity contribution in [1.29, 1.82) is 0 Å². The highest BCUT2D eigenvalue weighted by molar-refractivity contribution is 6.09. The molecule has 2 aliphatic heterocycles. The van der Waals surface area contributed by atoms with Crippen LogP contribution in [0.4, 0.5) is 11.4 Å². The van der Waals surface area contributed by atoms with E-state index in [4.69, 9.17) is 5.73 Å². The van der Waals surface area contributed by atoms with Crippen LogP contribution in [0.2, 0.25) is 0 Å². The van der Waals surface area contributed by atoms with Gasteiger partial charge in [0.15, 0.2) is 0 Å². The van der Waals surface area contributed by atoms with Gasteiger partial charge in [-0.1, -0.05) is 24.3 Å². The van der Waals surface area contributed by atoms with E-state index in [1.165, 1.54) is 11.1 Å². The molecule has 2 aliphatic rings. The molecule has 1 amide bonds. The van der Waals surface area contributed by atoms with Crippen molar-refractivity contribution in [2.24, 2.45) is 10.7 Å². The molecule has 7 nitrogen and oxygen atoms in total. The fourth-order valence-electron chi connectivity index (χ4n) is 3.08. The molecule has 4 rings (SSSR count). The van der Waals surface area contributed by atoms with Crippen LogP contribution in [0.15, 0.2) is 47.5 Å². The molecule has 0 bridgehead atoms. The molecule has 2 heterocycles. The number of carbonyl (C=O) groups is 1. The predicted molar refractivity (Wildman–Crippen MR) is 97.0 cm³/mol. The Bertz CT molecular complexity index is 948. The molecule has 2 aromatic rings. The summed E-state index contributed by atoms with van der Waals surface area (Å²) in [4.78, 5) is 20.2. The van der Waals surface area contributed by atoms with E-state index in [1.54, 1.807) is 0 Å². The number of para-hydroxylation sites is 1. The van der Waals surface area contributed by atoms with Crippen molar-refractivity contribution >= 4 is 29.2 Å². The molecule has 0 aromatic heterocycles. The molecule has 0 saturated heterocycles. The van der Waals surface area contributed by atoms with Gasteiger partial charge in [-0.15, -0.1) is 0 Å². The predicted octanol–water partition coefficient (Wildman–Crippen LogP) is -0.125. The van der Waals surface area contributed by atoms with Gasteiger partial charge in [0.1, 0.15) is 0 Å². The number of amides is 1. The summed E-state index contributed by atoms with van der Waals surface area (Å²) in [5.41, 5.74) is 9.42. The summed E-state index contributed by atoms with van der Waals surface area (Å²) in [7, 11) is 0. The zero-order valence-corrected chi connectivity index (χ0v) is 14.0. The third-order valence-corrected chi connectivity index (χ3v) is 4.52. The molecule has 6 N–H and O–H groups in total. The van der Waals surface area contributed by atoms with Crippen molar-refractivity contribution in [3.8, 4) is 0 Å². The van der Waals surface area contributed by atoms with E-state index in [9.17, 15) is 4.79 Å². The van der Waals surface area contributed by atoms with Gasteiger partial charge in [-0.2, -0.15) is 4.99 Å². The zero-order valence-electron chi connectivity index (χ0n) is 14.0. The Balaban J connectivity index is 1.76. The molecule has 0 radical (unpaired) electrons. The Morgan fingerprint density at radius 1 is 1.12 bits per heavy atom. The minimum absolute atomic E-state index is 0.164. The molecule has 0 aliphatic carbocycles. The Morgan fingerprint density at radius 3 is 2.72 bits per heavy atom. The van der Waals surface area contributed by atoms with Gasteiger partial charge in [0, 0.05) is 5.56 Å². The number of aliphatic imine (C=N–C) groups is 1. The van der Waals surface area contributed by atoms with Crippen molar-refractivity contribution in [2.75, 3.05) is 10.6 Å². The number of nitrogens with zero attached hydrogens (tertiary/aromatic N) is 1. The summed E-state index contributed by atoms with van der Waals surface area (Å²) < 4.78 is 0. The highest BCUT2D eigenvalue weighted by Crippen LogP contribution is 2.33. The Labute approximate surface area is 145 Å². The number of rotatable bonds is 1. The first-order valence-electron chi connectivity index (χ1n) is 8.01. The van der Waals surface area contributed by atoms with E-state index in [1.807, 2.05) is 49.4 Å². The SMILES string of the molecule is Cc1ccc(NC2=[NH+][C@]3(N=C(N)N2)C(=O)Nc2ccccc23)cc1C. The van der Waals surface area contributed by atoms with E-state index in [2.05, 4.69) is 32.9 Å². The second-order valence-electron chi connectivity index (χ2n) is 6.26. The third kappa shape index (κ3) is 2.40. The average molecular weight is 335 g/mol. The van der Waals surface area contributed by atoms with Gasteiger partial charge in [0.25, 0.3) is 17.5 Å². The number of benzene rings is 2. The number of aryl methyl sites for hydroxylation is 2. The molecular weight excluding hydrogens is 316 g/mol. The third-order valence-electron chi connectivity index (χ3n) is 4.52. The molecule has 0 fully saturated rings. The summed E-state index contributed by atoms with van der Waals surface area (Å²) in [6, 6.07) is 13.5. The smallest absolute Gasteiger partial charge is 0.357 e. The quantitative estimate of drug-likeness (QED) is 0.501. The maximum Gasteiger partial charge on any atom is 0.358 e. The van der Waals surface area contributed by atoms with Gasteiger partial charge in [-0.05, 0) is 43.2 Å². The molecule has 25 heavy (non-hydrogen) atoms. The summed E-state index contributed by atoms with van der Waals surface area (Å²) >= 11 is 0. The molecule has 7 heteroatoms. The van der Waals surface area contributed by atoms with Crippen LogP contribution in [-0.2, 0) is 10.5 Å². The second kappa shape index (κ2) is 5.34. The van der Waals surface area contributed by atoms with E-state index in [0.29, 0.717) is 5.96 Å². The summed E-state index contributed by atoms with van der Waals surface area (Å²) in [6.07, 6.45) is 0. The lowest BCUT2D eigenvalue weighted by Gasteiger charge is -2.22. The molecule has 126 valence electrons. The molecule has 0 saturated carbocycles. The molecular formula is C18H19N6O+. The number of carbonyl (C=O) groups excluding carboxylic acids is 1. The minimum atomic E-state index is -1.27. The van der Waals surface area contributed by atoms with Crippen molar-refractivity contribution in [2.45, 2.75) is 19.5 Å². The Morgan fingerprint density at radius 2 is 1.92 bits per heavy atom. The van der Waals surface area contributed by atoms with Crippen LogP contribution in [0, 0.1) is 13.8 Å². The number of guanidine groups is 2. The number of hydrogen-bond donors (Lipinski definition) is 5. The maximum absolute atomic E-state index is 12.6. The van der Waals surface area contributed by atoms with Crippen LogP contribution in [0.5, 0.6) is 0 Å². The molecule has 1 spiro atoms. The zero-order chi connectivity index (χ0) is 17.6. The van der Waals surface area contributed by atoms with Crippen molar-refractivity contribution in [3.63, 3.8) is 0 Å². The number of nitrogens with two attached hydrogens (primary N) is 1. The van der Waals surface area contributed by atoms with Crippen molar-refractivity contribution in [3.05, 3.63) is 59.2 Å². The van der Waals surface area contributed by atoms with Gasteiger partial charge < -0.3 is 11.1 Å². The highest BCUT2D eigenvalue weighted by atomic mass is 16.2. The first-order valence-corrected chi connectivity index (χ1v) is 8.01. The second-order valence-corrected chi connectivity index (χ2v) is 6.26. The largest absolute Gasteiger partial charge is 0.358 e. The highest BCUT2D eigenvalue weighted by Gasteiger charge is 2.51. The van der Waals surface area contributed by atoms with Crippen LogP contribution in [0.1, 0.15) is 16.7 Å². The normalized spacial score (nSPS) is 21.1. The van der Waals surface area contributed by atoms with Crippen LogP contribution in [-0.4, -0.2) is 17.8 Å². The van der Waals surface area contributed by atoms with Crippen molar-refractivity contribution < 1.29 is 9.79 Å². The van der Waals surface area contributed by atoms with Gasteiger partial charge in [-0.25, -0.2) is 15.6 Å². The lowest BCUT2D eigenvalue weighted by atomic mass is 10.0. The fourth-order valence-corrected chi connectivity index (χ4v) is 3.08. The van der Waals surface area contributed by atoms with E-state index < -0.39 is 5.66 Å². The fraction of sp³-hybridized carbons (Fsp3) is 0.167. The van der Waals surface area contributed by atoms with Gasteiger partial charge in [0.05, 0.1) is 11.4 Å². The Hall–Kier alpha value is -3.35. The van der Waals surface area contributed by atoms with E-state index >= 15 is 0 Å². The lowest BCUT2D eigenvalue weighted by molar-refractivity contribution is -0.544. The van der Waals surface area contributed by atoms with E-state index in [0.717, 1.165) is 16.9 Å². The van der Waals surface area contributed by atoms with Crippen LogP contribution < -0.4 is 26.7 Å². The lowest BCUT2D eigenvalue weighted by Crippen LogP contribution is -2.92. The van der Waals surface area contributed by atoms with Gasteiger partial charge in [0.2, 0.25) is 0 Å². The summed E-state index contributed by atoms with van der Waals surface area (Å²) in [5, 5.41) is 9.03.